The largest absolute Gasteiger partial charge is 0.356 e. The van der Waals surface area contributed by atoms with Crippen LogP contribution in [0.3, 0.4) is 0 Å². The van der Waals surface area contributed by atoms with E-state index in [-0.39, 0.29) is 36.2 Å². The number of amides is 5. The summed E-state index contributed by atoms with van der Waals surface area (Å²) in [7, 11) is 0. The quantitative estimate of drug-likeness (QED) is 0.283. The Balaban J connectivity index is 1.85. The molecule has 1 saturated carbocycles. The molecule has 0 unspecified atom stereocenters. The Kier molecular flexibility index (Phi) is 8.94. The first kappa shape index (κ1) is 29.3. The standard InChI is InChI=1S/C23H33Cl2F2N5O5/c1-5-10(2)14(29-20(35)16(24)26)21(36)31-9-12-13(23(12,3)4)15(31)19(34)30-32(22(37)17(25)27)8-11-6-7-28-18(11)33/h10-17H,5-9H2,1-4H3,(H,28,33)(H,29,35)(H,30,34)/t10-,11-,12-,13-,14-,15-,16+,17+/m0/s1. The average molecular weight is 568 g/mol. The summed E-state index contributed by atoms with van der Waals surface area (Å²) in [6.07, 6.45) is 0.855. The Morgan fingerprint density at radius 1 is 1.22 bits per heavy atom. The van der Waals surface area contributed by atoms with E-state index in [4.69, 9.17) is 23.2 Å². The SMILES string of the molecule is CC[C@H](C)[C@H](NC(=O)[C@@H](F)Cl)C(=O)N1C[C@H]2[C@@H]([C@H]1C(=O)NN(C[C@@H]1CCNC1=O)C(=O)[C@@H](F)Cl)C2(C)C. The van der Waals surface area contributed by atoms with Crippen LogP contribution < -0.4 is 16.1 Å². The zero-order valence-corrected chi connectivity index (χ0v) is 22.6. The fourth-order valence-corrected chi connectivity index (χ4v) is 5.62. The fourth-order valence-electron chi connectivity index (χ4n) is 5.44. The van der Waals surface area contributed by atoms with Gasteiger partial charge in [-0.1, -0.05) is 57.3 Å². The summed E-state index contributed by atoms with van der Waals surface area (Å²) in [5.74, 6) is -5.43. The highest BCUT2D eigenvalue weighted by Gasteiger charge is 2.69. The number of nitrogens with one attached hydrogen (secondary N) is 3. The molecule has 37 heavy (non-hydrogen) atoms. The van der Waals surface area contributed by atoms with Crippen molar-refractivity contribution < 1.29 is 32.8 Å². The zero-order valence-electron chi connectivity index (χ0n) is 21.1. The van der Waals surface area contributed by atoms with Crippen LogP contribution in [-0.4, -0.2) is 82.4 Å². The lowest BCUT2D eigenvalue weighted by Crippen LogP contribution is -2.60. The number of alkyl halides is 4. The van der Waals surface area contributed by atoms with Crippen LogP contribution in [-0.2, 0) is 24.0 Å². The number of carbonyl (C=O) groups is 5. The normalized spacial score (nSPS) is 28.9. The molecule has 2 saturated heterocycles. The number of halogens is 4. The van der Waals surface area contributed by atoms with Gasteiger partial charge in [-0.05, 0) is 29.6 Å². The lowest BCUT2D eigenvalue weighted by atomic mass is 9.95. The molecular formula is C23H33Cl2F2N5O5. The summed E-state index contributed by atoms with van der Waals surface area (Å²) in [6.45, 7) is 7.69. The van der Waals surface area contributed by atoms with Crippen molar-refractivity contribution in [1.82, 2.24) is 26.0 Å². The molecule has 2 heterocycles. The van der Waals surface area contributed by atoms with Gasteiger partial charge in [-0.25, -0.2) is 13.8 Å². The van der Waals surface area contributed by atoms with E-state index < -0.39 is 58.8 Å². The number of nitrogens with zero attached hydrogens (tertiary/aromatic N) is 2. The minimum atomic E-state index is -2.45. The first-order valence-electron chi connectivity index (χ1n) is 12.3. The molecule has 0 aromatic carbocycles. The molecule has 3 rings (SSSR count). The molecule has 10 nitrogen and oxygen atoms in total. The predicted octanol–water partition coefficient (Wildman–Crippen LogP) is 1.07. The van der Waals surface area contributed by atoms with Crippen molar-refractivity contribution in [2.45, 2.75) is 63.9 Å². The van der Waals surface area contributed by atoms with Gasteiger partial charge in [-0.3, -0.25) is 29.4 Å². The van der Waals surface area contributed by atoms with Crippen molar-refractivity contribution in [3.63, 3.8) is 0 Å². The lowest BCUT2D eigenvalue weighted by molar-refractivity contribution is -0.150. The Bertz CT molecular complexity index is 952. The molecule has 3 fully saturated rings. The summed E-state index contributed by atoms with van der Waals surface area (Å²) in [6, 6.07) is -2.18. The number of fused-ring (bicyclic) bond motifs is 1. The van der Waals surface area contributed by atoms with Gasteiger partial charge in [0.05, 0.1) is 12.5 Å². The molecule has 2 aliphatic heterocycles. The highest BCUT2D eigenvalue weighted by atomic mass is 35.5. The average Bonchev–Trinajstić information content (AvgIpc) is 3.19. The highest BCUT2D eigenvalue weighted by Crippen LogP contribution is 2.65. The topological polar surface area (TPSA) is 128 Å². The molecule has 0 bridgehead atoms. The van der Waals surface area contributed by atoms with E-state index in [1.54, 1.807) is 13.8 Å². The molecule has 8 atom stereocenters. The van der Waals surface area contributed by atoms with E-state index in [9.17, 15) is 32.8 Å². The number of hydrogen-bond acceptors (Lipinski definition) is 5. The van der Waals surface area contributed by atoms with Gasteiger partial charge in [0.15, 0.2) is 0 Å². The van der Waals surface area contributed by atoms with Gasteiger partial charge in [-0.15, -0.1) is 0 Å². The number of hydrazine groups is 1. The minimum absolute atomic E-state index is 0.0332. The predicted molar refractivity (Wildman–Crippen MR) is 130 cm³/mol. The van der Waals surface area contributed by atoms with Crippen LogP contribution in [0.5, 0.6) is 0 Å². The van der Waals surface area contributed by atoms with Crippen molar-refractivity contribution in [2.24, 2.45) is 29.1 Å². The van der Waals surface area contributed by atoms with Crippen LogP contribution in [0.1, 0.15) is 40.5 Å². The van der Waals surface area contributed by atoms with E-state index in [0.29, 0.717) is 24.4 Å². The summed E-state index contributed by atoms with van der Waals surface area (Å²) in [4.78, 5) is 64.9. The summed E-state index contributed by atoms with van der Waals surface area (Å²) >= 11 is 10.6. The second kappa shape index (κ2) is 11.3. The van der Waals surface area contributed by atoms with Crippen LogP contribution >= 0.6 is 23.2 Å². The number of rotatable bonds is 9. The van der Waals surface area contributed by atoms with Gasteiger partial charge in [0.1, 0.15) is 12.1 Å². The van der Waals surface area contributed by atoms with Crippen molar-refractivity contribution in [2.75, 3.05) is 19.6 Å². The van der Waals surface area contributed by atoms with Crippen molar-refractivity contribution in [3.05, 3.63) is 0 Å². The second-order valence-electron chi connectivity index (χ2n) is 10.6. The number of hydrogen-bond donors (Lipinski definition) is 3. The van der Waals surface area contributed by atoms with E-state index >= 15 is 0 Å². The van der Waals surface area contributed by atoms with Gasteiger partial charge in [0, 0.05) is 13.1 Å². The molecule has 14 heteroatoms. The Morgan fingerprint density at radius 3 is 2.38 bits per heavy atom. The lowest BCUT2D eigenvalue weighted by Gasteiger charge is -2.36. The molecule has 1 aliphatic carbocycles. The van der Waals surface area contributed by atoms with Gasteiger partial charge in [0.2, 0.25) is 11.8 Å². The molecule has 0 aromatic heterocycles. The summed E-state index contributed by atoms with van der Waals surface area (Å²) < 4.78 is 27.1. The van der Waals surface area contributed by atoms with E-state index in [1.165, 1.54) is 4.90 Å². The van der Waals surface area contributed by atoms with Gasteiger partial charge >= 0.3 is 0 Å². The van der Waals surface area contributed by atoms with Crippen LogP contribution in [0.2, 0.25) is 0 Å². The monoisotopic (exact) mass is 567 g/mol. The van der Waals surface area contributed by atoms with Crippen LogP contribution in [0.4, 0.5) is 8.78 Å². The smallest absolute Gasteiger partial charge is 0.291 e. The third-order valence-electron chi connectivity index (χ3n) is 8.00. The van der Waals surface area contributed by atoms with Gasteiger partial charge in [-0.2, -0.15) is 0 Å². The van der Waals surface area contributed by atoms with E-state index in [0.717, 1.165) is 0 Å². The van der Waals surface area contributed by atoms with Crippen LogP contribution in [0.15, 0.2) is 0 Å². The van der Waals surface area contributed by atoms with E-state index in [1.807, 2.05) is 13.8 Å². The maximum absolute atomic E-state index is 13.8. The number of likely N-dealkylation sites (tertiary alicyclic amines) is 1. The van der Waals surface area contributed by atoms with Gasteiger partial charge in [0.25, 0.3) is 29.0 Å². The van der Waals surface area contributed by atoms with Crippen LogP contribution in [0.25, 0.3) is 0 Å². The molecule has 0 spiro atoms. The first-order valence-corrected chi connectivity index (χ1v) is 13.2. The Morgan fingerprint density at radius 2 is 1.86 bits per heavy atom. The molecule has 0 aromatic rings. The Hall–Kier alpha value is -2.21. The Labute approximate surface area is 224 Å². The van der Waals surface area contributed by atoms with E-state index in [2.05, 4.69) is 16.1 Å². The molecule has 208 valence electrons. The molecule has 3 aliphatic rings. The minimum Gasteiger partial charge on any atom is -0.356 e. The van der Waals surface area contributed by atoms with Crippen molar-refractivity contribution >= 4 is 52.7 Å². The third kappa shape index (κ3) is 5.94. The molecule has 3 N–H and O–H groups in total. The summed E-state index contributed by atoms with van der Waals surface area (Å²) in [5, 5.41) is 5.64. The molecular weight excluding hydrogens is 535 g/mol. The maximum atomic E-state index is 13.8. The van der Waals surface area contributed by atoms with Crippen LogP contribution in [0, 0.1) is 29.1 Å². The molecule has 0 radical (unpaired) electrons. The number of carbonyl (C=O) groups excluding carboxylic acids is 5. The third-order valence-corrected chi connectivity index (χ3v) is 8.38. The van der Waals surface area contributed by atoms with Crippen molar-refractivity contribution in [1.29, 1.82) is 0 Å². The second-order valence-corrected chi connectivity index (χ2v) is 11.3. The van der Waals surface area contributed by atoms with Crippen molar-refractivity contribution in [3.8, 4) is 0 Å². The first-order chi connectivity index (χ1) is 17.2. The fraction of sp³-hybridized carbons (Fsp3) is 0.783. The summed E-state index contributed by atoms with van der Waals surface area (Å²) in [5.41, 5.74) is -2.70. The number of piperidine rings is 1. The maximum Gasteiger partial charge on any atom is 0.291 e. The highest BCUT2D eigenvalue weighted by molar-refractivity contribution is 6.30. The van der Waals surface area contributed by atoms with Gasteiger partial charge < -0.3 is 15.5 Å². The molecule has 5 amide bonds. The zero-order chi connectivity index (χ0) is 27.8.